The Balaban J connectivity index is 1.56. The highest BCUT2D eigenvalue weighted by Crippen LogP contribution is 2.33. The lowest BCUT2D eigenvalue weighted by atomic mass is 10.2. The van der Waals surface area contributed by atoms with Gasteiger partial charge in [-0.25, -0.2) is 0 Å². The van der Waals surface area contributed by atoms with Crippen LogP contribution in [0.3, 0.4) is 0 Å². The van der Waals surface area contributed by atoms with Gasteiger partial charge in [-0.3, -0.25) is 0 Å². The second-order valence-corrected chi connectivity index (χ2v) is 6.09. The van der Waals surface area contributed by atoms with Crippen molar-refractivity contribution in [3.63, 3.8) is 0 Å². The highest BCUT2D eigenvalue weighted by atomic mass is 16.5. The average molecular weight is 327 g/mol. The fourth-order valence-electron chi connectivity index (χ4n) is 2.87. The summed E-state index contributed by atoms with van der Waals surface area (Å²) in [6, 6.07) is 12.9. The van der Waals surface area contributed by atoms with E-state index in [2.05, 4.69) is 4.90 Å². The molecule has 3 rings (SSSR count). The average Bonchev–Trinajstić information content (AvgIpc) is 3.10. The SMILES string of the molecule is Nc1ccc(Oc2ccccc2OCCCN2CCCC2)cc1N. The van der Waals surface area contributed by atoms with Crippen molar-refractivity contribution in [2.45, 2.75) is 19.3 Å². The lowest BCUT2D eigenvalue weighted by Crippen LogP contribution is -2.21. The van der Waals surface area contributed by atoms with Gasteiger partial charge in [0.25, 0.3) is 0 Å². The van der Waals surface area contributed by atoms with Crippen molar-refractivity contribution >= 4 is 11.4 Å². The second-order valence-electron chi connectivity index (χ2n) is 6.09. The van der Waals surface area contributed by atoms with E-state index in [4.69, 9.17) is 20.9 Å². The number of para-hydroxylation sites is 2. The topological polar surface area (TPSA) is 73.7 Å². The van der Waals surface area contributed by atoms with Crippen LogP contribution < -0.4 is 20.9 Å². The van der Waals surface area contributed by atoms with Crippen LogP contribution in [0.4, 0.5) is 11.4 Å². The van der Waals surface area contributed by atoms with E-state index in [0.29, 0.717) is 29.5 Å². The maximum atomic E-state index is 5.92. The van der Waals surface area contributed by atoms with Gasteiger partial charge in [0.2, 0.25) is 0 Å². The zero-order valence-corrected chi connectivity index (χ0v) is 13.9. The van der Waals surface area contributed by atoms with Crippen molar-refractivity contribution in [2.24, 2.45) is 0 Å². The summed E-state index contributed by atoms with van der Waals surface area (Å²) >= 11 is 0. The molecule has 1 saturated heterocycles. The molecule has 1 aliphatic rings. The summed E-state index contributed by atoms with van der Waals surface area (Å²) in [7, 11) is 0. The van der Waals surface area contributed by atoms with Gasteiger partial charge in [0.1, 0.15) is 5.75 Å². The zero-order chi connectivity index (χ0) is 16.8. The van der Waals surface area contributed by atoms with Crippen LogP contribution in [0.2, 0.25) is 0 Å². The smallest absolute Gasteiger partial charge is 0.169 e. The van der Waals surface area contributed by atoms with Crippen LogP contribution in [0.5, 0.6) is 17.2 Å². The molecule has 0 saturated carbocycles. The molecule has 1 aliphatic heterocycles. The Kier molecular flexibility index (Phi) is 5.43. The molecule has 24 heavy (non-hydrogen) atoms. The molecule has 128 valence electrons. The van der Waals surface area contributed by atoms with Crippen LogP contribution in [0.25, 0.3) is 0 Å². The molecule has 0 bridgehead atoms. The minimum absolute atomic E-state index is 0.511. The molecule has 0 radical (unpaired) electrons. The Morgan fingerprint density at radius 2 is 1.67 bits per heavy atom. The summed E-state index contributed by atoms with van der Waals surface area (Å²) in [5, 5.41) is 0. The molecule has 0 spiro atoms. The van der Waals surface area contributed by atoms with Crippen LogP contribution in [0.1, 0.15) is 19.3 Å². The first-order chi connectivity index (χ1) is 11.7. The van der Waals surface area contributed by atoms with Gasteiger partial charge in [-0.1, -0.05) is 12.1 Å². The summed E-state index contributed by atoms with van der Waals surface area (Å²) in [4.78, 5) is 2.49. The second kappa shape index (κ2) is 7.93. The van der Waals surface area contributed by atoms with Crippen LogP contribution in [-0.4, -0.2) is 31.1 Å². The number of benzene rings is 2. The van der Waals surface area contributed by atoms with Crippen molar-refractivity contribution in [3.8, 4) is 17.2 Å². The molecule has 1 fully saturated rings. The third-order valence-corrected chi connectivity index (χ3v) is 4.21. The molecule has 0 aromatic heterocycles. The summed E-state index contributed by atoms with van der Waals surface area (Å²) in [5.74, 6) is 2.08. The molecule has 1 heterocycles. The van der Waals surface area contributed by atoms with Gasteiger partial charge in [-0.15, -0.1) is 0 Å². The van der Waals surface area contributed by atoms with Gasteiger partial charge >= 0.3 is 0 Å². The van der Waals surface area contributed by atoms with E-state index in [1.54, 1.807) is 18.2 Å². The fraction of sp³-hybridized carbons (Fsp3) is 0.368. The molecule has 0 amide bonds. The molecule has 4 N–H and O–H groups in total. The summed E-state index contributed by atoms with van der Waals surface area (Å²) < 4.78 is 11.8. The van der Waals surface area contributed by atoms with E-state index < -0.39 is 0 Å². The predicted octanol–water partition coefficient (Wildman–Crippen LogP) is 3.51. The first-order valence-electron chi connectivity index (χ1n) is 8.49. The number of likely N-dealkylation sites (tertiary alicyclic amines) is 1. The minimum Gasteiger partial charge on any atom is -0.490 e. The number of anilines is 2. The predicted molar refractivity (Wildman–Crippen MR) is 97.6 cm³/mol. The number of hydrogen-bond donors (Lipinski definition) is 2. The zero-order valence-electron chi connectivity index (χ0n) is 13.9. The third kappa shape index (κ3) is 4.32. The summed E-state index contributed by atoms with van der Waals surface area (Å²) in [5.41, 5.74) is 12.6. The van der Waals surface area contributed by atoms with E-state index in [0.717, 1.165) is 18.7 Å². The van der Waals surface area contributed by atoms with Gasteiger partial charge in [0.15, 0.2) is 11.5 Å². The first-order valence-corrected chi connectivity index (χ1v) is 8.49. The van der Waals surface area contributed by atoms with Crippen LogP contribution in [-0.2, 0) is 0 Å². The van der Waals surface area contributed by atoms with Crippen molar-refractivity contribution in [1.29, 1.82) is 0 Å². The molecule has 0 unspecified atom stereocenters. The van der Waals surface area contributed by atoms with E-state index >= 15 is 0 Å². The Morgan fingerprint density at radius 3 is 2.42 bits per heavy atom. The van der Waals surface area contributed by atoms with Crippen LogP contribution in [0, 0.1) is 0 Å². The number of nitrogens with two attached hydrogens (primary N) is 2. The first kappa shape index (κ1) is 16.5. The monoisotopic (exact) mass is 327 g/mol. The Bertz CT molecular complexity index is 669. The molecular weight excluding hydrogens is 302 g/mol. The van der Waals surface area contributed by atoms with E-state index in [1.807, 2.05) is 24.3 Å². The maximum Gasteiger partial charge on any atom is 0.169 e. The molecule has 2 aromatic carbocycles. The van der Waals surface area contributed by atoms with Crippen LogP contribution in [0.15, 0.2) is 42.5 Å². The highest BCUT2D eigenvalue weighted by Gasteiger charge is 2.11. The highest BCUT2D eigenvalue weighted by molar-refractivity contribution is 5.65. The Hall–Kier alpha value is -2.40. The lowest BCUT2D eigenvalue weighted by Gasteiger charge is -2.16. The van der Waals surface area contributed by atoms with Crippen molar-refractivity contribution < 1.29 is 9.47 Å². The number of hydrogen-bond acceptors (Lipinski definition) is 5. The van der Waals surface area contributed by atoms with Crippen molar-refractivity contribution in [3.05, 3.63) is 42.5 Å². The van der Waals surface area contributed by atoms with Crippen LogP contribution >= 0.6 is 0 Å². The molecular formula is C19H25N3O2. The van der Waals surface area contributed by atoms with Crippen molar-refractivity contribution in [2.75, 3.05) is 37.7 Å². The Morgan fingerprint density at radius 1 is 0.917 bits per heavy atom. The number of nitrogens with zero attached hydrogens (tertiary/aromatic N) is 1. The van der Waals surface area contributed by atoms with Crippen molar-refractivity contribution in [1.82, 2.24) is 4.90 Å². The largest absolute Gasteiger partial charge is 0.490 e. The normalized spacial score (nSPS) is 14.7. The van der Waals surface area contributed by atoms with Gasteiger partial charge in [-0.2, -0.15) is 0 Å². The van der Waals surface area contributed by atoms with E-state index in [-0.39, 0.29) is 0 Å². The molecule has 5 nitrogen and oxygen atoms in total. The van der Waals surface area contributed by atoms with E-state index in [9.17, 15) is 0 Å². The minimum atomic E-state index is 0.511. The fourth-order valence-corrected chi connectivity index (χ4v) is 2.87. The lowest BCUT2D eigenvalue weighted by molar-refractivity contribution is 0.257. The summed E-state index contributed by atoms with van der Waals surface area (Å²) in [6.07, 6.45) is 3.66. The number of rotatable bonds is 7. The van der Waals surface area contributed by atoms with E-state index in [1.165, 1.54) is 25.9 Å². The molecule has 0 aliphatic carbocycles. The van der Waals surface area contributed by atoms with Gasteiger partial charge < -0.3 is 25.8 Å². The van der Waals surface area contributed by atoms with Gasteiger partial charge in [0, 0.05) is 12.6 Å². The molecule has 2 aromatic rings. The third-order valence-electron chi connectivity index (χ3n) is 4.21. The quantitative estimate of drug-likeness (QED) is 0.601. The molecule has 0 atom stereocenters. The number of nitrogen functional groups attached to an aromatic ring is 2. The molecule has 5 heteroatoms. The Labute approximate surface area is 143 Å². The standard InChI is InChI=1S/C19H25N3O2/c20-16-9-8-15(14-17(16)21)24-19-7-2-1-6-18(19)23-13-5-12-22-10-3-4-11-22/h1-2,6-9,14H,3-5,10-13,20-21H2. The maximum absolute atomic E-state index is 5.92. The van der Waals surface area contributed by atoms with Gasteiger partial charge in [-0.05, 0) is 56.6 Å². The number of ether oxygens (including phenoxy) is 2. The van der Waals surface area contributed by atoms with Gasteiger partial charge in [0.05, 0.1) is 18.0 Å². The summed E-state index contributed by atoms with van der Waals surface area (Å²) in [6.45, 7) is 4.22.